The van der Waals surface area contributed by atoms with Gasteiger partial charge in [0.15, 0.2) is 0 Å². The Labute approximate surface area is 99.3 Å². The first kappa shape index (κ1) is 11.5. The molecule has 1 N–H and O–H groups in total. The smallest absolute Gasteiger partial charge is 0.0347 e. The third-order valence-corrected chi connectivity index (χ3v) is 3.45. The van der Waals surface area contributed by atoms with Gasteiger partial charge in [-0.25, -0.2) is 0 Å². The Balaban J connectivity index is 2.01. The second-order valence-electron chi connectivity index (χ2n) is 5.21. The summed E-state index contributed by atoms with van der Waals surface area (Å²) in [6.45, 7) is 4.34. The molecule has 1 aromatic carbocycles. The van der Waals surface area contributed by atoms with Gasteiger partial charge in [0.2, 0.25) is 0 Å². The summed E-state index contributed by atoms with van der Waals surface area (Å²) in [5.41, 5.74) is 4.02. The van der Waals surface area contributed by atoms with Crippen LogP contribution >= 0.6 is 0 Å². The zero-order chi connectivity index (χ0) is 11.4. The van der Waals surface area contributed by atoms with E-state index in [-0.39, 0.29) is 0 Å². The van der Waals surface area contributed by atoms with Crippen LogP contribution in [-0.2, 0) is 0 Å². The summed E-state index contributed by atoms with van der Waals surface area (Å²) in [4.78, 5) is 0. The van der Waals surface area contributed by atoms with Gasteiger partial charge in [0.25, 0.3) is 0 Å². The maximum atomic E-state index is 3.70. The van der Waals surface area contributed by atoms with Crippen molar-refractivity contribution in [2.45, 2.75) is 58.4 Å². The quantitative estimate of drug-likeness (QED) is 0.722. The Bertz CT molecular complexity index is 315. The van der Waals surface area contributed by atoms with E-state index in [2.05, 4.69) is 37.4 Å². The average Bonchev–Trinajstić information content (AvgIpc) is 2.44. The van der Waals surface area contributed by atoms with Gasteiger partial charge in [-0.15, -0.1) is 0 Å². The minimum absolute atomic E-state index is 0.698. The predicted octanol–water partition coefficient (Wildman–Crippen LogP) is 4.44. The maximum Gasteiger partial charge on any atom is 0.0347 e. The van der Waals surface area contributed by atoms with Crippen LogP contribution in [-0.4, -0.2) is 6.04 Å². The zero-order valence-corrected chi connectivity index (χ0v) is 10.6. The fourth-order valence-electron chi connectivity index (χ4n) is 2.72. The van der Waals surface area contributed by atoms with Crippen LogP contribution in [0.3, 0.4) is 0 Å². The van der Waals surface area contributed by atoms with E-state index in [1.54, 1.807) is 0 Å². The normalized spacial score (nSPS) is 18.1. The van der Waals surface area contributed by atoms with Crippen LogP contribution in [0.15, 0.2) is 18.2 Å². The lowest BCUT2D eigenvalue weighted by atomic mass is 10.1. The number of hydrogen-bond acceptors (Lipinski definition) is 1. The topological polar surface area (TPSA) is 12.0 Å². The van der Waals surface area contributed by atoms with E-state index in [4.69, 9.17) is 0 Å². The van der Waals surface area contributed by atoms with Crippen molar-refractivity contribution in [3.8, 4) is 0 Å². The molecule has 1 saturated carbocycles. The molecule has 0 unspecified atom stereocenters. The molecule has 1 aliphatic rings. The van der Waals surface area contributed by atoms with Crippen molar-refractivity contribution in [1.82, 2.24) is 0 Å². The number of aryl methyl sites for hydroxylation is 2. The second kappa shape index (κ2) is 5.38. The largest absolute Gasteiger partial charge is 0.382 e. The SMILES string of the molecule is Cc1cc(C)cc(NC2CCCCCC2)c1. The molecule has 1 nitrogen and oxygen atoms in total. The van der Waals surface area contributed by atoms with Crippen molar-refractivity contribution in [2.75, 3.05) is 5.32 Å². The Kier molecular flexibility index (Phi) is 3.87. The summed E-state index contributed by atoms with van der Waals surface area (Å²) in [7, 11) is 0. The minimum Gasteiger partial charge on any atom is -0.382 e. The van der Waals surface area contributed by atoms with Gasteiger partial charge >= 0.3 is 0 Å². The molecule has 1 aliphatic carbocycles. The lowest BCUT2D eigenvalue weighted by Crippen LogP contribution is -2.18. The van der Waals surface area contributed by atoms with Gasteiger partial charge in [0.05, 0.1) is 0 Å². The third-order valence-electron chi connectivity index (χ3n) is 3.45. The van der Waals surface area contributed by atoms with Gasteiger partial charge in [0.1, 0.15) is 0 Å². The summed E-state index contributed by atoms with van der Waals surface area (Å²) in [6.07, 6.45) is 8.31. The van der Waals surface area contributed by atoms with E-state index < -0.39 is 0 Å². The van der Waals surface area contributed by atoms with Gasteiger partial charge < -0.3 is 5.32 Å². The van der Waals surface area contributed by atoms with Crippen LogP contribution in [0.25, 0.3) is 0 Å². The lowest BCUT2D eigenvalue weighted by Gasteiger charge is -2.18. The van der Waals surface area contributed by atoms with Crippen LogP contribution in [0.1, 0.15) is 49.7 Å². The van der Waals surface area contributed by atoms with Crippen LogP contribution in [0.4, 0.5) is 5.69 Å². The molecule has 0 saturated heterocycles. The average molecular weight is 217 g/mol. The molecule has 0 aromatic heterocycles. The van der Waals surface area contributed by atoms with Crippen LogP contribution in [0.2, 0.25) is 0 Å². The Morgan fingerprint density at radius 1 is 0.875 bits per heavy atom. The second-order valence-corrected chi connectivity index (χ2v) is 5.21. The number of hydrogen-bond donors (Lipinski definition) is 1. The minimum atomic E-state index is 0.698. The van der Waals surface area contributed by atoms with E-state index in [9.17, 15) is 0 Å². The highest BCUT2D eigenvalue weighted by Gasteiger charge is 2.11. The highest BCUT2D eigenvalue weighted by molar-refractivity contribution is 5.49. The summed E-state index contributed by atoms with van der Waals surface area (Å²) in [5.74, 6) is 0. The maximum absolute atomic E-state index is 3.70. The van der Waals surface area contributed by atoms with E-state index in [1.165, 1.54) is 55.3 Å². The summed E-state index contributed by atoms with van der Waals surface area (Å²) in [6, 6.07) is 7.46. The molecule has 0 radical (unpaired) electrons. The molecule has 0 aliphatic heterocycles. The van der Waals surface area contributed by atoms with Crippen molar-refractivity contribution in [3.05, 3.63) is 29.3 Å². The van der Waals surface area contributed by atoms with Crippen LogP contribution in [0.5, 0.6) is 0 Å². The molecular formula is C15H23N. The van der Waals surface area contributed by atoms with E-state index in [0.29, 0.717) is 6.04 Å². The van der Waals surface area contributed by atoms with Gasteiger partial charge in [-0.2, -0.15) is 0 Å². The summed E-state index contributed by atoms with van der Waals surface area (Å²) >= 11 is 0. The fraction of sp³-hybridized carbons (Fsp3) is 0.600. The van der Waals surface area contributed by atoms with Crippen LogP contribution in [0, 0.1) is 13.8 Å². The number of benzene rings is 1. The van der Waals surface area contributed by atoms with E-state index in [0.717, 1.165) is 0 Å². The van der Waals surface area contributed by atoms with Gasteiger partial charge in [0, 0.05) is 11.7 Å². The van der Waals surface area contributed by atoms with Crippen molar-refractivity contribution in [1.29, 1.82) is 0 Å². The first-order chi connectivity index (χ1) is 7.74. The molecule has 1 aromatic rings. The molecule has 1 fully saturated rings. The van der Waals surface area contributed by atoms with Gasteiger partial charge in [-0.1, -0.05) is 31.7 Å². The fourth-order valence-corrected chi connectivity index (χ4v) is 2.72. The Morgan fingerprint density at radius 3 is 2.00 bits per heavy atom. The van der Waals surface area contributed by atoms with Crippen molar-refractivity contribution in [3.63, 3.8) is 0 Å². The highest BCUT2D eigenvalue weighted by Crippen LogP contribution is 2.22. The Hall–Kier alpha value is -0.980. The number of anilines is 1. The molecule has 0 spiro atoms. The standard InChI is InChI=1S/C15H23N/c1-12-9-13(2)11-15(10-12)16-14-7-5-3-4-6-8-14/h9-11,14,16H,3-8H2,1-2H3. The predicted molar refractivity (Wildman–Crippen MR) is 71.0 cm³/mol. The lowest BCUT2D eigenvalue weighted by molar-refractivity contribution is 0.620. The number of rotatable bonds is 2. The summed E-state index contributed by atoms with van der Waals surface area (Å²) < 4.78 is 0. The molecule has 0 heterocycles. The first-order valence-corrected chi connectivity index (χ1v) is 6.59. The zero-order valence-electron chi connectivity index (χ0n) is 10.6. The van der Waals surface area contributed by atoms with E-state index >= 15 is 0 Å². The monoisotopic (exact) mass is 217 g/mol. The molecule has 0 bridgehead atoms. The number of nitrogens with one attached hydrogen (secondary N) is 1. The van der Waals surface area contributed by atoms with Crippen molar-refractivity contribution < 1.29 is 0 Å². The Morgan fingerprint density at radius 2 is 1.44 bits per heavy atom. The molecule has 1 heteroatoms. The van der Waals surface area contributed by atoms with Gasteiger partial charge in [-0.05, 0) is 49.9 Å². The first-order valence-electron chi connectivity index (χ1n) is 6.59. The molecule has 16 heavy (non-hydrogen) atoms. The third kappa shape index (κ3) is 3.26. The molecule has 88 valence electrons. The summed E-state index contributed by atoms with van der Waals surface area (Å²) in [5, 5.41) is 3.70. The van der Waals surface area contributed by atoms with Crippen molar-refractivity contribution >= 4 is 5.69 Å². The van der Waals surface area contributed by atoms with Crippen LogP contribution < -0.4 is 5.32 Å². The highest BCUT2D eigenvalue weighted by atomic mass is 14.9. The molecular weight excluding hydrogens is 194 g/mol. The van der Waals surface area contributed by atoms with E-state index in [1.807, 2.05) is 0 Å². The molecule has 0 atom stereocenters. The van der Waals surface area contributed by atoms with Gasteiger partial charge in [-0.3, -0.25) is 0 Å². The molecule has 0 amide bonds. The van der Waals surface area contributed by atoms with Crippen molar-refractivity contribution in [2.24, 2.45) is 0 Å². The molecule has 2 rings (SSSR count).